The lowest BCUT2D eigenvalue weighted by atomic mass is 10.1. The molecule has 1 fully saturated rings. The van der Waals surface area contributed by atoms with Crippen LogP contribution in [0.2, 0.25) is 0 Å². The van der Waals surface area contributed by atoms with Crippen LogP contribution in [0.5, 0.6) is 5.88 Å². The zero-order valence-electron chi connectivity index (χ0n) is 14.6. The number of benzene rings is 1. The van der Waals surface area contributed by atoms with E-state index in [4.69, 9.17) is 4.74 Å². The van der Waals surface area contributed by atoms with Crippen molar-refractivity contribution in [1.29, 1.82) is 0 Å². The van der Waals surface area contributed by atoms with Crippen molar-refractivity contribution in [1.82, 2.24) is 20.1 Å². The van der Waals surface area contributed by atoms with Gasteiger partial charge in [0.25, 0.3) is 5.91 Å². The fraction of sp³-hybridized carbons (Fsp3) is 0.300. The maximum Gasteiger partial charge on any atom is 0.272 e. The monoisotopic (exact) mass is 348 g/mol. The predicted octanol–water partition coefficient (Wildman–Crippen LogP) is 3.02. The zero-order chi connectivity index (χ0) is 17.9. The Hall–Kier alpha value is -3.02. The van der Waals surface area contributed by atoms with Crippen molar-refractivity contribution >= 4 is 16.8 Å². The molecule has 3 heterocycles. The van der Waals surface area contributed by atoms with E-state index in [0.29, 0.717) is 24.7 Å². The Morgan fingerprint density at radius 1 is 1.04 bits per heavy atom. The molecule has 1 aliphatic rings. The molecular weight excluding hydrogens is 328 g/mol. The summed E-state index contributed by atoms with van der Waals surface area (Å²) >= 11 is 0. The van der Waals surface area contributed by atoms with Crippen molar-refractivity contribution in [3.63, 3.8) is 0 Å². The van der Waals surface area contributed by atoms with Crippen molar-refractivity contribution in [2.24, 2.45) is 0 Å². The van der Waals surface area contributed by atoms with Crippen molar-refractivity contribution < 1.29 is 9.53 Å². The Kier molecular flexibility index (Phi) is 4.48. The van der Waals surface area contributed by atoms with E-state index in [1.807, 2.05) is 54.3 Å². The molecule has 26 heavy (non-hydrogen) atoms. The number of aromatic nitrogens is 3. The molecule has 0 radical (unpaired) electrons. The van der Waals surface area contributed by atoms with Gasteiger partial charge in [0.05, 0.1) is 11.2 Å². The first kappa shape index (κ1) is 16.4. The first-order chi connectivity index (χ1) is 12.7. The second-order valence-corrected chi connectivity index (χ2v) is 6.51. The average Bonchev–Trinajstić information content (AvgIpc) is 2.69. The average molecular weight is 348 g/mol. The molecule has 6 heteroatoms. The number of amides is 1. The molecule has 3 aromatic rings. The minimum atomic E-state index is -0.0238. The number of hydrogen-bond acceptors (Lipinski definition) is 5. The second kappa shape index (κ2) is 7.07. The van der Waals surface area contributed by atoms with Gasteiger partial charge < -0.3 is 9.64 Å². The third-order valence-corrected chi connectivity index (χ3v) is 4.61. The quantitative estimate of drug-likeness (QED) is 0.728. The van der Waals surface area contributed by atoms with Crippen LogP contribution in [0.25, 0.3) is 10.9 Å². The molecule has 6 nitrogen and oxygen atoms in total. The van der Waals surface area contributed by atoms with Gasteiger partial charge in [-0.3, -0.25) is 4.79 Å². The summed E-state index contributed by atoms with van der Waals surface area (Å²) in [5.74, 6) is 0.515. The smallest absolute Gasteiger partial charge is 0.272 e. The van der Waals surface area contributed by atoms with Crippen LogP contribution in [-0.4, -0.2) is 45.2 Å². The molecule has 0 spiro atoms. The van der Waals surface area contributed by atoms with Gasteiger partial charge in [-0.05, 0) is 25.1 Å². The van der Waals surface area contributed by atoms with Gasteiger partial charge in [0.1, 0.15) is 11.8 Å². The lowest BCUT2D eigenvalue weighted by molar-refractivity contribution is 0.0581. The van der Waals surface area contributed by atoms with Crippen LogP contribution in [-0.2, 0) is 0 Å². The third-order valence-electron chi connectivity index (χ3n) is 4.61. The number of para-hydroxylation sites is 1. The van der Waals surface area contributed by atoms with E-state index in [1.54, 1.807) is 6.07 Å². The molecule has 1 amide bonds. The first-order valence-electron chi connectivity index (χ1n) is 8.81. The number of carbonyl (C=O) groups is 1. The molecule has 1 saturated heterocycles. The van der Waals surface area contributed by atoms with E-state index >= 15 is 0 Å². The van der Waals surface area contributed by atoms with Crippen LogP contribution in [0, 0.1) is 6.92 Å². The van der Waals surface area contributed by atoms with Crippen LogP contribution >= 0.6 is 0 Å². The Morgan fingerprint density at radius 2 is 1.85 bits per heavy atom. The minimum absolute atomic E-state index is 0.0238. The topological polar surface area (TPSA) is 68.2 Å². The predicted molar refractivity (Wildman–Crippen MR) is 98.1 cm³/mol. The SMILES string of the molecule is Cc1ccc(OC2CCN(C(=O)c3ccc4ccccc4n3)CC2)nn1. The Bertz CT molecular complexity index is 919. The minimum Gasteiger partial charge on any atom is -0.473 e. The van der Waals surface area contributed by atoms with Gasteiger partial charge in [0.15, 0.2) is 0 Å². The van der Waals surface area contributed by atoms with Crippen molar-refractivity contribution in [2.45, 2.75) is 25.9 Å². The summed E-state index contributed by atoms with van der Waals surface area (Å²) in [6, 6.07) is 15.3. The number of nitrogens with zero attached hydrogens (tertiary/aromatic N) is 4. The molecule has 1 aromatic carbocycles. The molecular formula is C20H20N4O2. The van der Waals surface area contributed by atoms with Crippen LogP contribution in [0.4, 0.5) is 0 Å². The van der Waals surface area contributed by atoms with Crippen molar-refractivity contribution in [2.75, 3.05) is 13.1 Å². The number of likely N-dealkylation sites (tertiary alicyclic amines) is 1. The second-order valence-electron chi connectivity index (χ2n) is 6.51. The molecule has 0 unspecified atom stereocenters. The van der Waals surface area contributed by atoms with Crippen LogP contribution in [0.3, 0.4) is 0 Å². The fourth-order valence-corrected chi connectivity index (χ4v) is 3.14. The maximum atomic E-state index is 12.7. The number of carbonyl (C=O) groups excluding carboxylic acids is 1. The van der Waals surface area contributed by atoms with E-state index in [-0.39, 0.29) is 12.0 Å². The van der Waals surface area contributed by atoms with E-state index < -0.39 is 0 Å². The number of rotatable bonds is 3. The summed E-state index contributed by atoms with van der Waals surface area (Å²) in [4.78, 5) is 19.1. The highest BCUT2D eigenvalue weighted by atomic mass is 16.5. The van der Waals surface area contributed by atoms with E-state index in [9.17, 15) is 4.79 Å². The largest absolute Gasteiger partial charge is 0.473 e. The van der Waals surface area contributed by atoms with Gasteiger partial charge in [0, 0.05) is 37.4 Å². The highest BCUT2D eigenvalue weighted by Crippen LogP contribution is 2.19. The highest BCUT2D eigenvalue weighted by molar-refractivity contribution is 5.94. The normalized spacial score (nSPS) is 15.2. The van der Waals surface area contributed by atoms with Gasteiger partial charge in [-0.1, -0.05) is 24.3 Å². The van der Waals surface area contributed by atoms with E-state index in [0.717, 1.165) is 29.4 Å². The van der Waals surface area contributed by atoms with E-state index in [1.165, 1.54) is 0 Å². The zero-order valence-corrected chi connectivity index (χ0v) is 14.6. The highest BCUT2D eigenvalue weighted by Gasteiger charge is 2.25. The summed E-state index contributed by atoms with van der Waals surface area (Å²) in [6.45, 7) is 3.19. The van der Waals surface area contributed by atoms with Gasteiger partial charge in [-0.2, -0.15) is 5.10 Å². The van der Waals surface area contributed by atoms with Crippen molar-refractivity contribution in [3.05, 3.63) is 59.9 Å². The standard InChI is InChI=1S/C20H20N4O2/c1-14-6-9-19(23-22-14)26-16-10-12-24(13-11-16)20(25)18-8-7-15-4-2-3-5-17(15)21-18/h2-9,16H,10-13H2,1H3. The van der Waals surface area contributed by atoms with Gasteiger partial charge in [-0.25, -0.2) is 4.98 Å². The van der Waals surface area contributed by atoms with E-state index in [2.05, 4.69) is 15.2 Å². The summed E-state index contributed by atoms with van der Waals surface area (Å²) in [7, 11) is 0. The van der Waals surface area contributed by atoms with Crippen LogP contribution in [0.1, 0.15) is 29.0 Å². The fourth-order valence-electron chi connectivity index (χ4n) is 3.14. The van der Waals surface area contributed by atoms with Gasteiger partial charge in [0.2, 0.25) is 5.88 Å². The Morgan fingerprint density at radius 3 is 2.62 bits per heavy atom. The Labute approximate surface area is 151 Å². The molecule has 0 atom stereocenters. The van der Waals surface area contributed by atoms with Crippen molar-refractivity contribution in [3.8, 4) is 5.88 Å². The summed E-state index contributed by atoms with van der Waals surface area (Å²) in [5, 5.41) is 9.08. The van der Waals surface area contributed by atoms with Crippen LogP contribution in [0.15, 0.2) is 48.5 Å². The molecule has 1 aliphatic heterocycles. The molecule has 0 aliphatic carbocycles. The molecule has 2 aromatic heterocycles. The lowest BCUT2D eigenvalue weighted by Crippen LogP contribution is -2.42. The molecule has 132 valence electrons. The number of hydrogen-bond donors (Lipinski definition) is 0. The van der Waals surface area contributed by atoms with Gasteiger partial charge in [-0.15, -0.1) is 5.10 Å². The maximum absolute atomic E-state index is 12.7. The van der Waals surface area contributed by atoms with Gasteiger partial charge >= 0.3 is 0 Å². The summed E-state index contributed by atoms with van der Waals surface area (Å²) in [6.07, 6.45) is 1.60. The molecule has 4 rings (SSSR count). The molecule has 0 bridgehead atoms. The number of aryl methyl sites for hydroxylation is 1. The Balaban J connectivity index is 1.38. The third kappa shape index (κ3) is 3.49. The summed E-state index contributed by atoms with van der Waals surface area (Å²) in [5.41, 5.74) is 2.20. The lowest BCUT2D eigenvalue weighted by Gasteiger charge is -2.31. The van der Waals surface area contributed by atoms with Crippen LogP contribution < -0.4 is 4.74 Å². The number of pyridine rings is 1. The molecule has 0 N–H and O–H groups in total. The summed E-state index contributed by atoms with van der Waals surface area (Å²) < 4.78 is 5.87. The number of piperidine rings is 1. The first-order valence-corrected chi connectivity index (χ1v) is 8.81. The molecule has 0 saturated carbocycles. The number of ether oxygens (including phenoxy) is 1. The number of fused-ring (bicyclic) bond motifs is 1.